The lowest BCUT2D eigenvalue weighted by molar-refractivity contribution is 0.155. The molecule has 1 aromatic heterocycles. The van der Waals surface area contributed by atoms with Gasteiger partial charge in [-0.1, -0.05) is 30.3 Å². The Bertz CT molecular complexity index is 512. The molecule has 0 aliphatic heterocycles. The van der Waals surface area contributed by atoms with E-state index in [-0.39, 0.29) is 6.61 Å². The van der Waals surface area contributed by atoms with Crippen molar-refractivity contribution in [1.82, 2.24) is 4.57 Å². The first-order chi connectivity index (χ1) is 8.66. The van der Waals surface area contributed by atoms with Crippen LogP contribution >= 0.6 is 0 Å². The van der Waals surface area contributed by atoms with E-state index in [2.05, 4.69) is 5.32 Å². The number of carbonyl (C=O) groups excluding carboxylic acids is 1. The molecule has 4 nitrogen and oxygen atoms in total. The first kappa shape index (κ1) is 12.2. The van der Waals surface area contributed by atoms with Gasteiger partial charge >= 0.3 is 6.09 Å². The Morgan fingerprint density at radius 3 is 2.61 bits per heavy atom. The molecular weight excluding hydrogens is 228 g/mol. The number of ether oxygens (including phenoxy) is 1. The molecule has 0 aliphatic carbocycles. The van der Waals surface area contributed by atoms with E-state index >= 15 is 0 Å². The van der Waals surface area contributed by atoms with Gasteiger partial charge in [0, 0.05) is 13.2 Å². The van der Waals surface area contributed by atoms with Gasteiger partial charge in [-0.05, 0) is 24.1 Å². The molecule has 0 radical (unpaired) electrons. The zero-order valence-electron chi connectivity index (χ0n) is 10.5. The molecule has 1 amide bonds. The number of anilines is 1. The number of aromatic nitrogens is 1. The highest BCUT2D eigenvalue weighted by molar-refractivity contribution is 5.84. The van der Waals surface area contributed by atoms with Crippen molar-refractivity contribution >= 4 is 11.9 Å². The van der Waals surface area contributed by atoms with E-state index in [0.717, 1.165) is 16.9 Å². The van der Waals surface area contributed by atoms with Gasteiger partial charge < -0.3 is 9.30 Å². The van der Waals surface area contributed by atoms with Crippen LogP contribution in [0, 0.1) is 6.92 Å². The van der Waals surface area contributed by atoms with Crippen LogP contribution in [0.3, 0.4) is 0 Å². The van der Waals surface area contributed by atoms with Crippen molar-refractivity contribution in [3.05, 3.63) is 53.7 Å². The van der Waals surface area contributed by atoms with Crippen molar-refractivity contribution in [1.29, 1.82) is 0 Å². The van der Waals surface area contributed by atoms with Gasteiger partial charge in [0.1, 0.15) is 12.4 Å². The summed E-state index contributed by atoms with van der Waals surface area (Å²) in [5.74, 6) is 0.757. The Morgan fingerprint density at radius 2 is 2.00 bits per heavy atom. The molecule has 1 N–H and O–H groups in total. The second-order valence-corrected chi connectivity index (χ2v) is 4.14. The second kappa shape index (κ2) is 5.40. The largest absolute Gasteiger partial charge is 0.444 e. The van der Waals surface area contributed by atoms with E-state index in [1.807, 2.05) is 61.1 Å². The van der Waals surface area contributed by atoms with Crippen LogP contribution in [0.5, 0.6) is 0 Å². The minimum atomic E-state index is -0.441. The van der Waals surface area contributed by atoms with Gasteiger partial charge in [0.05, 0.1) is 0 Å². The number of aryl methyl sites for hydroxylation is 2. The SMILES string of the molecule is Cc1ccn(C)c1NC(=O)OCc1ccccc1. The maximum absolute atomic E-state index is 11.6. The van der Waals surface area contributed by atoms with Crippen molar-refractivity contribution in [2.75, 3.05) is 5.32 Å². The van der Waals surface area contributed by atoms with Crippen molar-refractivity contribution < 1.29 is 9.53 Å². The van der Waals surface area contributed by atoms with Gasteiger partial charge in [0.15, 0.2) is 0 Å². The number of carbonyl (C=O) groups is 1. The fraction of sp³-hybridized carbons (Fsp3) is 0.214. The predicted octanol–water partition coefficient (Wildman–Crippen LogP) is 3.08. The topological polar surface area (TPSA) is 43.3 Å². The monoisotopic (exact) mass is 244 g/mol. The van der Waals surface area contributed by atoms with Gasteiger partial charge in [-0.25, -0.2) is 4.79 Å². The molecule has 0 saturated heterocycles. The summed E-state index contributed by atoms with van der Waals surface area (Å²) >= 11 is 0. The normalized spacial score (nSPS) is 10.1. The summed E-state index contributed by atoms with van der Waals surface area (Å²) < 4.78 is 6.99. The van der Waals surface area contributed by atoms with Crippen molar-refractivity contribution in [3.63, 3.8) is 0 Å². The maximum Gasteiger partial charge on any atom is 0.413 e. The van der Waals surface area contributed by atoms with E-state index in [9.17, 15) is 4.79 Å². The quantitative estimate of drug-likeness (QED) is 0.901. The lowest BCUT2D eigenvalue weighted by atomic mass is 10.2. The number of nitrogens with one attached hydrogen (secondary N) is 1. The van der Waals surface area contributed by atoms with Gasteiger partial charge in [0.2, 0.25) is 0 Å². The summed E-state index contributed by atoms with van der Waals surface area (Å²) in [5.41, 5.74) is 1.98. The third-order valence-electron chi connectivity index (χ3n) is 2.71. The molecule has 0 bridgehead atoms. The number of nitrogens with zero attached hydrogens (tertiary/aromatic N) is 1. The van der Waals surface area contributed by atoms with E-state index in [4.69, 9.17) is 4.74 Å². The minimum absolute atomic E-state index is 0.274. The molecule has 2 aromatic rings. The van der Waals surface area contributed by atoms with Gasteiger partial charge in [-0.2, -0.15) is 0 Å². The molecule has 0 fully saturated rings. The molecule has 18 heavy (non-hydrogen) atoms. The number of hydrogen-bond acceptors (Lipinski definition) is 2. The average Bonchev–Trinajstić information content (AvgIpc) is 2.69. The smallest absolute Gasteiger partial charge is 0.413 e. The van der Waals surface area contributed by atoms with Gasteiger partial charge in [0.25, 0.3) is 0 Å². The summed E-state index contributed by atoms with van der Waals surface area (Å²) in [7, 11) is 1.87. The minimum Gasteiger partial charge on any atom is -0.444 e. The Morgan fingerprint density at radius 1 is 1.28 bits per heavy atom. The first-order valence-electron chi connectivity index (χ1n) is 5.76. The third-order valence-corrected chi connectivity index (χ3v) is 2.71. The van der Waals surface area contributed by atoms with Crippen molar-refractivity contribution in [3.8, 4) is 0 Å². The molecule has 1 aromatic carbocycles. The van der Waals surface area contributed by atoms with Crippen molar-refractivity contribution in [2.45, 2.75) is 13.5 Å². The van der Waals surface area contributed by atoms with E-state index in [0.29, 0.717) is 0 Å². The lowest BCUT2D eigenvalue weighted by Gasteiger charge is -2.09. The molecule has 2 rings (SSSR count). The Labute approximate surface area is 106 Å². The van der Waals surface area contributed by atoms with Crippen LogP contribution < -0.4 is 5.32 Å². The Balaban J connectivity index is 1.90. The lowest BCUT2D eigenvalue weighted by Crippen LogP contribution is -2.16. The van der Waals surface area contributed by atoms with E-state index in [1.54, 1.807) is 0 Å². The van der Waals surface area contributed by atoms with Crippen LogP contribution in [0.4, 0.5) is 10.6 Å². The molecular formula is C14H16N2O2. The molecule has 94 valence electrons. The molecule has 0 unspecified atom stereocenters. The molecule has 0 atom stereocenters. The summed E-state index contributed by atoms with van der Waals surface area (Å²) in [4.78, 5) is 11.6. The summed E-state index contributed by atoms with van der Waals surface area (Å²) in [6.45, 7) is 2.21. The highest BCUT2D eigenvalue weighted by atomic mass is 16.5. The van der Waals surface area contributed by atoms with Crippen molar-refractivity contribution in [2.24, 2.45) is 7.05 Å². The summed E-state index contributed by atoms with van der Waals surface area (Å²) in [6, 6.07) is 11.5. The van der Waals surface area contributed by atoms with Crippen LogP contribution in [0.15, 0.2) is 42.6 Å². The first-order valence-corrected chi connectivity index (χ1v) is 5.76. The number of rotatable bonds is 3. The molecule has 0 aliphatic rings. The standard InChI is InChI=1S/C14H16N2O2/c1-11-8-9-16(2)13(11)15-14(17)18-10-12-6-4-3-5-7-12/h3-9H,10H2,1-2H3,(H,15,17). The van der Waals surface area contributed by atoms with Crippen LogP contribution in [-0.2, 0) is 18.4 Å². The zero-order chi connectivity index (χ0) is 13.0. The molecule has 0 spiro atoms. The summed E-state index contributed by atoms with van der Waals surface area (Å²) in [5, 5.41) is 2.73. The molecule has 1 heterocycles. The van der Waals surface area contributed by atoms with Gasteiger partial charge in [-0.15, -0.1) is 0 Å². The molecule has 0 saturated carbocycles. The van der Waals surface area contributed by atoms with E-state index < -0.39 is 6.09 Å². The number of hydrogen-bond donors (Lipinski definition) is 1. The predicted molar refractivity (Wildman–Crippen MR) is 70.4 cm³/mol. The fourth-order valence-corrected chi connectivity index (χ4v) is 1.70. The number of amides is 1. The average molecular weight is 244 g/mol. The zero-order valence-corrected chi connectivity index (χ0v) is 10.5. The van der Waals surface area contributed by atoms with E-state index in [1.165, 1.54) is 0 Å². The Hall–Kier alpha value is -2.23. The van der Waals surface area contributed by atoms with Crippen LogP contribution in [-0.4, -0.2) is 10.7 Å². The highest BCUT2D eigenvalue weighted by Crippen LogP contribution is 2.14. The van der Waals surface area contributed by atoms with Crippen LogP contribution in [0.2, 0.25) is 0 Å². The maximum atomic E-state index is 11.6. The highest BCUT2D eigenvalue weighted by Gasteiger charge is 2.08. The summed E-state index contributed by atoms with van der Waals surface area (Å²) in [6.07, 6.45) is 1.45. The number of benzene rings is 1. The van der Waals surface area contributed by atoms with Crippen LogP contribution in [0.1, 0.15) is 11.1 Å². The van der Waals surface area contributed by atoms with Crippen LogP contribution in [0.25, 0.3) is 0 Å². The van der Waals surface area contributed by atoms with Gasteiger partial charge in [-0.3, -0.25) is 5.32 Å². The fourth-order valence-electron chi connectivity index (χ4n) is 1.70. The molecule has 4 heteroatoms. The Kier molecular flexibility index (Phi) is 3.67. The second-order valence-electron chi connectivity index (χ2n) is 4.14. The third kappa shape index (κ3) is 2.91.